The van der Waals surface area contributed by atoms with Crippen LogP contribution in [0.3, 0.4) is 0 Å². The lowest BCUT2D eigenvalue weighted by atomic mass is 9.77. The fourth-order valence-electron chi connectivity index (χ4n) is 5.16. The van der Waals surface area contributed by atoms with Crippen molar-refractivity contribution < 1.29 is 19.1 Å². The van der Waals surface area contributed by atoms with Gasteiger partial charge in [0.2, 0.25) is 0 Å². The van der Waals surface area contributed by atoms with Crippen LogP contribution in [0.2, 0.25) is 0 Å². The number of hydrogen-bond acceptors (Lipinski definition) is 6. The number of hydrogen-bond donors (Lipinski definition) is 2. The highest BCUT2D eigenvalue weighted by Crippen LogP contribution is 2.60. The second-order valence-electron chi connectivity index (χ2n) is 9.96. The van der Waals surface area contributed by atoms with E-state index in [9.17, 15) is 23.9 Å². The largest absolute Gasteiger partial charge is 0.506 e. The first-order chi connectivity index (χ1) is 17.8. The molecule has 1 aromatic carbocycles. The van der Waals surface area contributed by atoms with E-state index >= 15 is 0 Å². The number of aromatic hydroxyl groups is 1. The van der Waals surface area contributed by atoms with Gasteiger partial charge in [-0.05, 0) is 67.0 Å². The van der Waals surface area contributed by atoms with Gasteiger partial charge in [0.15, 0.2) is 5.78 Å². The Balaban J connectivity index is 1.45. The number of ketones is 1. The lowest BCUT2D eigenvalue weighted by Gasteiger charge is -2.36. The Kier molecular flexibility index (Phi) is 5.36. The molecule has 1 spiro atoms. The molecule has 0 radical (unpaired) electrons. The summed E-state index contributed by atoms with van der Waals surface area (Å²) in [4.78, 5) is 48.1. The number of nitrogens with one attached hydrogen (secondary N) is 1. The summed E-state index contributed by atoms with van der Waals surface area (Å²) in [6.45, 7) is -0.392. The van der Waals surface area contributed by atoms with Gasteiger partial charge in [-0.2, -0.15) is 0 Å². The van der Waals surface area contributed by atoms with E-state index in [0.29, 0.717) is 22.1 Å². The Morgan fingerprint density at radius 2 is 1.86 bits per heavy atom. The molecule has 37 heavy (non-hydrogen) atoms. The van der Waals surface area contributed by atoms with Crippen LogP contribution < -0.4 is 10.9 Å². The number of rotatable bonds is 6. The number of carbonyl (C=O) groups is 2. The molecule has 0 bridgehead atoms. The van der Waals surface area contributed by atoms with E-state index in [2.05, 4.69) is 15.3 Å². The van der Waals surface area contributed by atoms with E-state index in [1.54, 1.807) is 30.3 Å². The van der Waals surface area contributed by atoms with E-state index < -0.39 is 40.9 Å². The standard InChI is InChI=1S/C28H23FN4O4/c29-19-5-3-16(4-6-19)18-10-21-24(35)23(26(36)32-20-11-28(12-20)7-8-28)27(37)33(25(21)31-14-18)15-22(34)17-2-1-9-30-13-17/h1-6,9-10,13-14,20,35H,7-8,11-12,15H2,(H,32,36). The summed E-state index contributed by atoms with van der Waals surface area (Å²) in [5.41, 5.74) is 0.649. The summed E-state index contributed by atoms with van der Waals surface area (Å²) < 4.78 is 14.5. The van der Waals surface area contributed by atoms with Crippen molar-refractivity contribution in [3.8, 4) is 16.9 Å². The maximum Gasteiger partial charge on any atom is 0.269 e. The molecule has 8 nitrogen and oxygen atoms in total. The van der Waals surface area contributed by atoms with Gasteiger partial charge in [0.1, 0.15) is 22.8 Å². The van der Waals surface area contributed by atoms with Crippen LogP contribution in [0.15, 0.2) is 65.8 Å². The van der Waals surface area contributed by atoms with Crippen molar-refractivity contribution in [3.63, 3.8) is 0 Å². The Morgan fingerprint density at radius 3 is 2.54 bits per heavy atom. The minimum Gasteiger partial charge on any atom is -0.506 e. The van der Waals surface area contributed by atoms with Crippen LogP contribution in [0.25, 0.3) is 22.2 Å². The van der Waals surface area contributed by atoms with Crippen molar-refractivity contribution in [2.75, 3.05) is 0 Å². The molecule has 2 N–H and O–H groups in total. The average Bonchev–Trinajstić information content (AvgIpc) is 3.68. The first-order valence-corrected chi connectivity index (χ1v) is 12.1. The van der Waals surface area contributed by atoms with Crippen molar-refractivity contribution >= 4 is 22.7 Å². The van der Waals surface area contributed by atoms with Gasteiger partial charge < -0.3 is 10.4 Å². The van der Waals surface area contributed by atoms with Crippen molar-refractivity contribution in [2.45, 2.75) is 38.3 Å². The number of carbonyl (C=O) groups excluding carboxylic acids is 2. The van der Waals surface area contributed by atoms with Gasteiger partial charge in [-0.25, -0.2) is 9.37 Å². The summed E-state index contributed by atoms with van der Waals surface area (Å²) in [5, 5.41) is 14.1. The summed E-state index contributed by atoms with van der Waals surface area (Å²) in [6.07, 6.45) is 8.43. The average molecular weight is 499 g/mol. The number of pyridine rings is 3. The molecule has 3 aromatic heterocycles. The molecule has 0 unspecified atom stereocenters. The molecule has 0 atom stereocenters. The molecule has 3 heterocycles. The molecular formula is C28H23FN4O4. The molecule has 0 saturated heterocycles. The third-order valence-electron chi connectivity index (χ3n) is 7.41. The fourth-order valence-corrected chi connectivity index (χ4v) is 5.16. The number of benzene rings is 1. The molecule has 6 rings (SSSR count). The first kappa shape index (κ1) is 23.0. The van der Waals surface area contributed by atoms with E-state index in [4.69, 9.17) is 0 Å². The van der Waals surface area contributed by atoms with Crippen LogP contribution in [0.5, 0.6) is 5.75 Å². The predicted octanol–water partition coefficient (Wildman–Crippen LogP) is 3.86. The normalized spacial score (nSPS) is 15.9. The van der Waals surface area contributed by atoms with Crippen LogP contribution in [0, 0.1) is 11.2 Å². The zero-order chi connectivity index (χ0) is 25.7. The lowest BCUT2D eigenvalue weighted by molar-refractivity contribution is 0.0870. The Hall–Kier alpha value is -4.40. The zero-order valence-corrected chi connectivity index (χ0v) is 19.8. The SMILES string of the molecule is O=C(Cn1c(=O)c(C(=O)NC2CC3(CC3)C2)c(O)c2cc(-c3ccc(F)cc3)cnc21)c1cccnc1. The predicted molar refractivity (Wildman–Crippen MR) is 134 cm³/mol. The number of aromatic nitrogens is 3. The number of fused-ring (bicyclic) bond motifs is 1. The smallest absolute Gasteiger partial charge is 0.269 e. The molecule has 1 amide bonds. The molecule has 2 fully saturated rings. The van der Waals surface area contributed by atoms with E-state index in [1.165, 1.54) is 30.7 Å². The maximum absolute atomic E-state index is 13.5. The minimum absolute atomic E-state index is 0.0568. The Bertz CT molecular complexity index is 1600. The maximum atomic E-state index is 13.5. The number of nitrogens with zero attached hydrogens (tertiary/aromatic N) is 3. The molecular weight excluding hydrogens is 475 g/mol. The minimum atomic E-state index is -0.803. The lowest BCUT2D eigenvalue weighted by Crippen LogP contribution is -2.47. The molecule has 0 aliphatic heterocycles. The van der Waals surface area contributed by atoms with Crippen molar-refractivity contribution in [1.82, 2.24) is 19.9 Å². The third-order valence-corrected chi connectivity index (χ3v) is 7.41. The number of halogens is 1. The van der Waals surface area contributed by atoms with Crippen molar-refractivity contribution in [1.29, 1.82) is 0 Å². The van der Waals surface area contributed by atoms with Crippen molar-refractivity contribution in [2.24, 2.45) is 5.41 Å². The quantitative estimate of drug-likeness (QED) is 0.390. The first-order valence-electron chi connectivity index (χ1n) is 12.1. The van der Waals surface area contributed by atoms with Gasteiger partial charge in [0.05, 0.1) is 11.9 Å². The molecule has 186 valence electrons. The van der Waals surface area contributed by atoms with Crippen LogP contribution in [0.4, 0.5) is 4.39 Å². The Labute approximate surface area is 210 Å². The van der Waals surface area contributed by atoms with Gasteiger partial charge in [-0.15, -0.1) is 0 Å². The fraction of sp³-hybridized carbons (Fsp3) is 0.250. The molecule has 9 heteroatoms. The molecule has 2 saturated carbocycles. The van der Waals surface area contributed by atoms with E-state index in [0.717, 1.165) is 30.3 Å². The van der Waals surface area contributed by atoms with Crippen molar-refractivity contribution in [3.05, 3.63) is 88.4 Å². The van der Waals surface area contributed by atoms with Crippen LogP contribution in [0.1, 0.15) is 46.4 Å². The number of amides is 1. The topological polar surface area (TPSA) is 114 Å². The van der Waals surface area contributed by atoms with Gasteiger partial charge in [-0.1, -0.05) is 12.1 Å². The van der Waals surface area contributed by atoms with Crippen LogP contribution in [-0.4, -0.2) is 37.4 Å². The monoisotopic (exact) mass is 498 g/mol. The highest BCUT2D eigenvalue weighted by atomic mass is 19.1. The van der Waals surface area contributed by atoms with Gasteiger partial charge in [0, 0.05) is 35.8 Å². The van der Waals surface area contributed by atoms with E-state index in [-0.39, 0.29) is 17.1 Å². The van der Waals surface area contributed by atoms with Crippen LogP contribution in [-0.2, 0) is 6.54 Å². The molecule has 4 aromatic rings. The van der Waals surface area contributed by atoms with Crippen LogP contribution >= 0.6 is 0 Å². The summed E-state index contributed by atoms with van der Waals surface area (Å²) in [7, 11) is 0. The van der Waals surface area contributed by atoms with Gasteiger partial charge in [0.25, 0.3) is 11.5 Å². The van der Waals surface area contributed by atoms with Gasteiger partial charge in [-0.3, -0.25) is 23.9 Å². The highest BCUT2D eigenvalue weighted by Gasteiger charge is 2.53. The summed E-state index contributed by atoms with van der Waals surface area (Å²) in [5.74, 6) is -1.97. The second kappa shape index (κ2) is 8.62. The summed E-state index contributed by atoms with van der Waals surface area (Å²) in [6, 6.07) is 10.5. The summed E-state index contributed by atoms with van der Waals surface area (Å²) >= 11 is 0. The second-order valence-corrected chi connectivity index (χ2v) is 9.96. The van der Waals surface area contributed by atoms with E-state index in [1.807, 2.05) is 0 Å². The molecule has 2 aliphatic rings. The zero-order valence-electron chi connectivity index (χ0n) is 19.8. The third kappa shape index (κ3) is 4.16. The molecule has 2 aliphatic carbocycles. The number of Topliss-reactive ketones (excluding diaryl/α,β-unsaturated/α-hetero) is 1. The van der Waals surface area contributed by atoms with Gasteiger partial charge >= 0.3 is 0 Å². The highest BCUT2D eigenvalue weighted by molar-refractivity contribution is 6.03. The Morgan fingerprint density at radius 1 is 1.11 bits per heavy atom.